The first-order valence-electron chi connectivity index (χ1n) is 8.15. The van der Waals surface area contributed by atoms with Gasteiger partial charge in [0.05, 0.1) is 19.8 Å². The van der Waals surface area contributed by atoms with Crippen LogP contribution in [0.1, 0.15) is 36.1 Å². The summed E-state index contributed by atoms with van der Waals surface area (Å²) in [6.45, 7) is 1.06. The van der Waals surface area contributed by atoms with Crippen molar-refractivity contribution in [2.45, 2.75) is 25.0 Å². The van der Waals surface area contributed by atoms with Crippen molar-refractivity contribution in [2.75, 3.05) is 20.3 Å². The van der Waals surface area contributed by atoms with Gasteiger partial charge in [0.2, 0.25) is 0 Å². The minimum absolute atomic E-state index is 0.0766. The lowest BCUT2D eigenvalue weighted by Gasteiger charge is -2.21. The predicted molar refractivity (Wildman–Crippen MR) is 89.8 cm³/mol. The highest BCUT2D eigenvalue weighted by molar-refractivity contribution is 5.42. The zero-order valence-electron chi connectivity index (χ0n) is 13.7. The van der Waals surface area contributed by atoms with Gasteiger partial charge in [-0.3, -0.25) is 0 Å². The number of halogens is 1. The van der Waals surface area contributed by atoms with Gasteiger partial charge in [-0.25, -0.2) is 4.39 Å². The zero-order chi connectivity index (χ0) is 16.9. The van der Waals surface area contributed by atoms with Crippen LogP contribution in [0, 0.1) is 5.82 Å². The van der Waals surface area contributed by atoms with Gasteiger partial charge in [-0.05, 0) is 48.7 Å². The standard InChI is InChI=1S/C19H22FNO3/c1-23-15-8-9-19-16(11-15)17(3-2-10-24-19)21-12-18(22)13-4-6-14(20)7-5-13/h4-9,11,17-18,21-22H,2-3,10,12H2,1H3. The number of hydrogen-bond donors (Lipinski definition) is 2. The molecule has 2 atom stereocenters. The number of nitrogens with one attached hydrogen (secondary N) is 1. The van der Waals surface area contributed by atoms with E-state index >= 15 is 0 Å². The lowest BCUT2D eigenvalue weighted by Crippen LogP contribution is -2.26. The quantitative estimate of drug-likeness (QED) is 0.882. The fourth-order valence-electron chi connectivity index (χ4n) is 2.95. The number of aliphatic hydroxyl groups excluding tert-OH is 1. The Kier molecular flexibility index (Phi) is 5.33. The summed E-state index contributed by atoms with van der Waals surface area (Å²) in [5, 5.41) is 13.7. The van der Waals surface area contributed by atoms with Crippen molar-refractivity contribution in [1.82, 2.24) is 5.32 Å². The first kappa shape index (κ1) is 16.7. The van der Waals surface area contributed by atoms with Crippen molar-refractivity contribution in [3.63, 3.8) is 0 Å². The molecule has 24 heavy (non-hydrogen) atoms. The van der Waals surface area contributed by atoms with Gasteiger partial charge in [0.15, 0.2) is 0 Å². The number of ether oxygens (including phenoxy) is 2. The number of rotatable bonds is 5. The highest BCUT2D eigenvalue weighted by atomic mass is 19.1. The maximum atomic E-state index is 13.0. The molecule has 2 unspecified atom stereocenters. The molecule has 0 amide bonds. The van der Waals surface area contributed by atoms with Crippen LogP contribution >= 0.6 is 0 Å². The summed E-state index contributed by atoms with van der Waals surface area (Å²) >= 11 is 0. The van der Waals surface area contributed by atoms with Crippen molar-refractivity contribution in [2.24, 2.45) is 0 Å². The Morgan fingerprint density at radius 3 is 2.83 bits per heavy atom. The Bertz CT molecular complexity index is 675. The molecular weight excluding hydrogens is 309 g/mol. The number of methoxy groups -OCH3 is 1. The van der Waals surface area contributed by atoms with Crippen LogP contribution in [0.4, 0.5) is 4.39 Å². The first-order valence-corrected chi connectivity index (χ1v) is 8.15. The first-order chi connectivity index (χ1) is 11.7. The molecule has 2 aromatic rings. The van der Waals surface area contributed by atoms with E-state index in [4.69, 9.17) is 9.47 Å². The average molecular weight is 331 g/mol. The molecule has 3 rings (SSSR count). The number of aliphatic hydroxyl groups is 1. The molecule has 0 bridgehead atoms. The van der Waals surface area contributed by atoms with Crippen molar-refractivity contribution in [3.8, 4) is 11.5 Å². The molecule has 1 aliphatic rings. The third kappa shape index (κ3) is 3.86. The summed E-state index contributed by atoms with van der Waals surface area (Å²) < 4.78 is 24.1. The SMILES string of the molecule is COc1ccc2c(c1)C(NCC(O)c1ccc(F)cc1)CCCO2. The van der Waals surface area contributed by atoms with E-state index in [0.29, 0.717) is 18.7 Å². The molecule has 2 N–H and O–H groups in total. The second-order valence-electron chi connectivity index (χ2n) is 5.92. The molecule has 128 valence electrons. The van der Waals surface area contributed by atoms with Gasteiger partial charge < -0.3 is 19.9 Å². The van der Waals surface area contributed by atoms with Gasteiger partial charge >= 0.3 is 0 Å². The molecule has 0 fully saturated rings. The van der Waals surface area contributed by atoms with Crippen molar-refractivity contribution >= 4 is 0 Å². The maximum absolute atomic E-state index is 13.0. The summed E-state index contributed by atoms with van der Waals surface area (Å²) in [4.78, 5) is 0. The third-order valence-corrected chi connectivity index (χ3v) is 4.30. The minimum Gasteiger partial charge on any atom is -0.497 e. The summed E-state index contributed by atoms with van der Waals surface area (Å²) in [5.41, 5.74) is 1.73. The Hall–Kier alpha value is -2.11. The largest absolute Gasteiger partial charge is 0.497 e. The highest BCUT2D eigenvalue weighted by Crippen LogP contribution is 2.34. The summed E-state index contributed by atoms with van der Waals surface area (Å²) in [7, 11) is 1.64. The van der Waals surface area contributed by atoms with Crippen molar-refractivity contribution in [1.29, 1.82) is 0 Å². The monoisotopic (exact) mass is 331 g/mol. The minimum atomic E-state index is -0.691. The van der Waals surface area contributed by atoms with Crippen LogP contribution in [0.5, 0.6) is 11.5 Å². The van der Waals surface area contributed by atoms with E-state index in [1.54, 1.807) is 19.2 Å². The zero-order valence-corrected chi connectivity index (χ0v) is 13.7. The van der Waals surface area contributed by atoms with Gasteiger partial charge in [0.1, 0.15) is 17.3 Å². The molecule has 0 saturated carbocycles. The molecular formula is C19H22FNO3. The summed E-state index contributed by atoms with van der Waals surface area (Å²) in [6.07, 6.45) is 1.15. The summed E-state index contributed by atoms with van der Waals surface area (Å²) in [5.74, 6) is 1.33. The predicted octanol–water partition coefficient (Wildman–Crippen LogP) is 3.37. The molecule has 1 aliphatic heterocycles. The van der Waals surface area contributed by atoms with E-state index in [1.807, 2.05) is 18.2 Å². The Balaban J connectivity index is 1.71. The lowest BCUT2D eigenvalue weighted by molar-refractivity contribution is 0.169. The van der Waals surface area contributed by atoms with Crippen LogP contribution in [0.25, 0.3) is 0 Å². The van der Waals surface area contributed by atoms with Gasteiger partial charge in [0, 0.05) is 18.2 Å². The van der Waals surface area contributed by atoms with Crippen molar-refractivity contribution in [3.05, 3.63) is 59.4 Å². The van der Waals surface area contributed by atoms with Crippen LogP contribution in [-0.4, -0.2) is 25.4 Å². The molecule has 1 heterocycles. The molecule has 2 aromatic carbocycles. The van der Waals surface area contributed by atoms with E-state index in [1.165, 1.54) is 12.1 Å². The molecule has 5 heteroatoms. The van der Waals surface area contributed by atoms with Crippen LogP contribution in [0.3, 0.4) is 0 Å². The van der Waals surface area contributed by atoms with Gasteiger partial charge in [-0.15, -0.1) is 0 Å². The lowest BCUT2D eigenvalue weighted by atomic mass is 10.0. The fourth-order valence-corrected chi connectivity index (χ4v) is 2.95. The third-order valence-electron chi connectivity index (χ3n) is 4.30. The number of benzene rings is 2. The highest BCUT2D eigenvalue weighted by Gasteiger charge is 2.21. The fraction of sp³-hybridized carbons (Fsp3) is 0.368. The maximum Gasteiger partial charge on any atom is 0.124 e. The molecule has 0 aliphatic carbocycles. The molecule has 0 spiro atoms. The van der Waals surface area contributed by atoms with E-state index < -0.39 is 6.10 Å². The average Bonchev–Trinajstić information content (AvgIpc) is 2.81. The van der Waals surface area contributed by atoms with Gasteiger partial charge in [-0.1, -0.05) is 12.1 Å². The normalized spacial score (nSPS) is 18.2. The van der Waals surface area contributed by atoms with Gasteiger partial charge in [0.25, 0.3) is 0 Å². The molecule has 0 radical (unpaired) electrons. The molecule has 0 aromatic heterocycles. The second-order valence-corrected chi connectivity index (χ2v) is 5.92. The smallest absolute Gasteiger partial charge is 0.124 e. The summed E-state index contributed by atoms with van der Waals surface area (Å²) in [6, 6.07) is 11.8. The van der Waals surface area contributed by atoms with Crippen LogP contribution in [-0.2, 0) is 0 Å². The van der Waals surface area contributed by atoms with E-state index in [-0.39, 0.29) is 11.9 Å². The second kappa shape index (κ2) is 7.64. The number of fused-ring (bicyclic) bond motifs is 1. The van der Waals surface area contributed by atoms with Crippen LogP contribution in [0.15, 0.2) is 42.5 Å². The van der Waals surface area contributed by atoms with Gasteiger partial charge in [-0.2, -0.15) is 0 Å². The van der Waals surface area contributed by atoms with E-state index in [0.717, 1.165) is 29.9 Å². The Labute approximate surface area is 141 Å². The topological polar surface area (TPSA) is 50.7 Å². The Morgan fingerprint density at radius 1 is 1.29 bits per heavy atom. The van der Waals surface area contributed by atoms with Crippen LogP contribution in [0.2, 0.25) is 0 Å². The Morgan fingerprint density at radius 2 is 2.08 bits per heavy atom. The molecule has 4 nitrogen and oxygen atoms in total. The van der Waals surface area contributed by atoms with E-state index in [2.05, 4.69) is 5.32 Å². The number of hydrogen-bond acceptors (Lipinski definition) is 4. The van der Waals surface area contributed by atoms with Crippen LogP contribution < -0.4 is 14.8 Å². The molecule has 0 saturated heterocycles. The van der Waals surface area contributed by atoms with E-state index in [9.17, 15) is 9.50 Å². The van der Waals surface area contributed by atoms with Crippen molar-refractivity contribution < 1.29 is 19.0 Å².